The maximum Gasteiger partial charge on any atom is 0.249 e. The number of anilines is 1. The lowest BCUT2D eigenvalue weighted by Gasteiger charge is -2.13. The summed E-state index contributed by atoms with van der Waals surface area (Å²) in [7, 11) is 0. The molecule has 8 heteroatoms. The van der Waals surface area contributed by atoms with Crippen LogP contribution in [-0.4, -0.2) is 27.0 Å². The Morgan fingerprint density at radius 1 is 1.23 bits per heavy atom. The summed E-state index contributed by atoms with van der Waals surface area (Å²) in [6, 6.07) is 14.3. The van der Waals surface area contributed by atoms with Crippen LogP contribution in [0.15, 0.2) is 48.5 Å². The van der Waals surface area contributed by atoms with E-state index in [9.17, 15) is 9.18 Å². The number of carbonyl (C=O) groups excluding carboxylic acids is 1. The Morgan fingerprint density at radius 3 is 2.81 bits per heavy atom. The van der Waals surface area contributed by atoms with E-state index >= 15 is 0 Å². The van der Waals surface area contributed by atoms with Gasteiger partial charge in [-0.2, -0.15) is 4.98 Å². The largest absolute Gasteiger partial charge is 0.487 e. The third kappa shape index (κ3) is 3.35. The smallest absolute Gasteiger partial charge is 0.249 e. The Labute approximate surface area is 177 Å². The monoisotopic (exact) mass is 417 g/mol. The summed E-state index contributed by atoms with van der Waals surface area (Å²) in [5, 5.41) is 3.90. The Hall–Kier alpha value is -3.94. The summed E-state index contributed by atoms with van der Waals surface area (Å²) in [4.78, 5) is 21.2. The van der Waals surface area contributed by atoms with Gasteiger partial charge in [0, 0.05) is 24.0 Å². The summed E-state index contributed by atoms with van der Waals surface area (Å²) >= 11 is 0. The number of rotatable bonds is 5. The van der Waals surface area contributed by atoms with Crippen molar-refractivity contribution in [1.82, 2.24) is 14.5 Å². The number of nitrogens with zero attached hydrogens (tertiary/aromatic N) is 3. The number of amides is 1. The van der Waals surface area contributed by atoms with E-state index in [0.29, 0.717) is 48.0 Å². The first-order valence-corrected chi connectivity index (χ1v) is 9.94. The lowest BCUT2D eigenvalue weighted by atomic mass is 10.1. The summed E-state index contributed by atoms with van der Waals surface area (Å²) in [6.45, 7) is 2.95. The molecule has 0 saturated carbocycles. The van der Waals surface area contributed by atoms with Gasteiger partial charge in [0.05, 0.1) is 23.4 Å². The third-order valence-electron chi connectivity index (χ3n) is 5.35. The van der Waals surface area contributed by atoms with E-state index in [1.54, 1.807) is 10.6 Å². The van der Waals surface area contributed by atoms with Crippen LogP contribution in [0, 0.1) is 12.7 Å². The highest BCUT2D eigenvalue weighted by Gasteiger charge is 2.24. The molecule has 3 heterocycles. The maximum atomic E-state index is 14.3. The molecule has 0 spiro atoms. The van der Waals surface area contributed by atoms with Gasteiger partial charge in [0.25, 0.3) is 0 Å². The van der Waals surface area contributed by atoms with E-state index in [2.05, 4.69) is 10.3 Å². The molecule has 4 aromatic rings. The minimum Gasteiger partial charge on any atom is -0.487 e. The number of fused-ring (bicyclic) bond motifs is 2. The molecule has 1 aliphatic rings. The van der Waals surface area contributed by atoms with Crippen LogP contribution < -0.4 is 15.8 Å². The number of aromatic nitrogens is 3. The molecule has 0 aliphatic carbocycles. The number of nitrogens with two attached hydrogens (primary N) is 1. The summed E-state index contributed by atoms with van der Waals surface area (Å²) < 4.78 is 21.8. The Balaban J connectivity index is 1.63. The van der Waals surface area contributed by atoms with E-state index in [4.69, 9.17) is 15.5 Å². The third-order valence-corrected chi connectivity index (χ3v) is 5.35. The van der Waals surface area contributed by atoms with Gasteiger partial charge < -0.3 is 15.8 Å². The van der Waals surface area contributed by atoms with Gasteiger partial charge in [-0.05, 0) is 30.7 Å². The van der Waals surface area contributed by atoms with Gasteiger partial charge in [-0.1, -0.05) is 30.3 Å². The van der Waals surface area contributed by atoms with Crippen LogP contribution in [0.25, 0.3) is 16.9 Å². The predicted molar refractivity (Wildman–Crippen MR) is 115 cm³/mol. The molecule has 0 atom stereocenters. The molecular weight excluding hydrogens is 397 g/mol. The number of benzene rings is 2. The van der Waals surface area contributed by atoms with Crippen molar-refractivity contribution in [1.29, 1.82) is 0 Å². The zero-order chi connectivity index (χ0) is 21.5. The fourth-order valence-corrected chi connectivity index (χ4v) is 3.93. The van der Waals surface area contributed by atoms with E-state index in [-0.39, 0.29) is 5.56 Å². The van der Waals surface area contributed by atoms with Crippen molar-refractivity contribution in [3.8, 4) is 11.7 Å². The number of primary amides is 1. The number of hydrogen-bond acceptors (Lipinski definition) is 5. The van der Waals surface area contributed by atoms with E-state index in [1.807, 2.05) is 37.3 Å². The molecule has 0 bridgehead atoms. The lowest BCUT2D eigenvalue weighted by molar-refractivity contribution is 0.100. The first kappa shape index (κ1) is 19.0. The van der Waals surface area contributed by atoms with Gasteiger partial charge in [-0.3, -0.25) is 9.36 Å². The second-order valence-electron chi connectivity index (χ2n) is 7.46. The van der Waals surface area contributed by atoms with E-state index in [0.717, 1.165) is 23.0 Å². The molecule has 0 fully saturated rings. The first-order chi connectivity index (χ1) is 15.0. The number of nitrogens with one attached hydrogen (secondary N) is 1. The molecule has 5 rings (SSSR count). The zero-order valence-electron chi connectivity index (χ0n) is 16.9. The lowest BCUT2D eigenvalue weighted by Crippen LogP contribution is -2.12. The van der Waals surface area contributed by atoms with Gasteiger partial charge >= 0.3 is 0 Å². The maximum absolute atomic E-state index is 14.3. The van der Waals surface area contributed by atoms with Crippen molar-refractivity contribution in [2.24, 2.45) is 5.73 Å². The normalized spacial score (nSPS) is 12.6. The summed E-state index contributed by atoms with van der Waals surface area (Å²) in [6.07, 6.45) is 0.657. The molecule has 1 aliphatic heterocycles. The van der Waals surface area contributed by atoms with Crippen molar-refractivity contribution in [2.75, 3.05) is 11.9 Å². The highest BCUT2D eigenvalue weighted by atomic mass is 19.1. The molecule has 0 radical (unpaired) electrons. The molecule has 0 saturated heterocycles. The number of aryl methyl sites for hydroxylation is 1. The molecule has 2 aromatic carbocycles. The van der Waals surface area contributed by atoms with Crippen molar-refractivity contribution >= 4 is 22.6 Å². The average Bonchev–Trinajstić information content (AvgIpc) is 3.35. The van der Waals surface area contributed by atoms with Gasteiger partial charge in [-0.15, -0.1) is 0 Å². The quantitative estimate of drug-likeness (QED) is 0.518. The number of carbonyl (C=O) groups is 1. The second-order valence-corrected chi connectivity index (χ2v) is 7.46. The molecule has 7 nitrogen and oxygen atoms in total. The average molecular weight is 417 g/mol. The van der Waals surface area contributed by atoms with Crippen LogP contribution in [0.2, 0.25) is 0 Å². The fourth-order valence-electron chi connectivity index (χ4n) is 3.93. The fraction of sp³-hybridized carbons (Fsp3) is 0.174. The summed E-state index contributed by atoms with van der Waals surface area (Å²) in [5.74, 6) is 0.364. The number of halogens is 1. The minimum atomic E-state index is -0.685. The SMILES string of the molecule is Cc1cc2c(C(N)=O)cc(F)cc2n1-c1nc2c(c(NCc3ccccc3)n1)OCC2. The van der Waals surface area contributed by atoms with Crippen LogP contribution in [-0.2, 0) is 13.0 Å². The molecule has 2 aromatic heterocycles. The summed E-state index contributed by atoms with van der Waals surface area (Å²) in [5.41, 5.74) is 8.73. The van der Waals surface area contributed by atoms with Crippen LogP contribution in [0.3, 0.4) is 0 Å². The van der Waals surface area contributed by atoms with Crippen LogP contribution in [0.5, 0.6) is 5.75 Å². The second kappa shape index (κ2) is 7.39. The minimum absolute atomic E-state index is 0.128. The van der Waals surface area contributed by atoms with Crippen LogP contribution in [0.4, 0.5) is 10.2 Å². The van der Waals surface area contributed by atoms with Gasteiger partial charge in [0.1, 0.15) is 5.82 Å². The van der Waals surface area contributed by atoms with Gasteiger partial charge in [0.15, 0.2) is 11.6 Å². The van der Waals surface area contributed by atoms with Crippen molar-refractivity contribution in [2.45, 2.75) is 19.9 Å². The molecule has 1 amide bonds. The van der Waals surface area contributed by atoms with E-state index in [1.165, 1.54) is 6.07 Å². The van der Waals surface area contributed by atoms with Crippen LogP contribution >= 0.6 is 0 Å². The van der Waals surface area contributed by atoms with Gasteiger partial charge in [0.2, 0.25) is 11.9 Å². The Morgan fingerprint density at radius 2 is 2.03 bits per heavy atom. The van der Waals surface area contributed by atoms with Crippen molar-refractivity contribution in [3.63, 3.8) is 0 Å². The van der Waals surface area contributed by atoms with Crippen LogP contribution in [0.1, 0.15) is 27.3 Å². The molecular formula is C23H20FN5O2. The molecule has 156 valence electrons. The zero-order valence-corrected chi connectivity index (χ0v) is 16.9. The highest BCUT2D eigenvalue weighted by molar-refractivity contribution is 6.06. The van der Waals surface area contributed by atoms with Crippen molar-refractivity contribution in [3.05, 3.63) is 76.9 Å². The van der Waals surface area contributed by atoms with Gasteiger partial charge in [-0.25, -0.2) is 9.37 Å². The highest BCUT2D eigenvalue weighted by Crippen LogP contribution is 2.34. The Kier molecular flexibility index (Phi) is 4.54. The number of hydrogen-bond donors (Lipinski definition) is 2. The van der Waals surface area contributed by atoms with E-state index < -0.39 is 11.7 Å². The standard InChI is InChI=1S/C23H20FN5O2/c1-13-9-16-17(21(25)30)10-15(24)11-19(16)29(13)23-27-18-7-8-31-20(18)22(28-23)26-12-14-5-3-2-4-6-14/h2-6,9-11H,7-8,12H2,1H3,(H2,25,30)(H,26,27,28). The first-order valence-electron chi connectivity index (χ1n) is 9.94. The predicted octanol–water partition coefficient (Wildman–Crippen LogP) is 3.51. The van der Waals surface area contributed by atoms with Crippen molar-refractivity contribution < 1.29 is 13.9 Å². The number of ether oxygens (including phenoxy) is 1. The molecule has 0 unspecified atom stereocenters. The molecule has 31 heavy (non-hydrogen) atoms. The Bertz CT molecular complexity index is 1320. The topological polar surface area (TPSA) is 95.1 Å². The molecule has 3 N–H and O–H groups in total.